The maximum absolute atomic E-state index is 10.1. The van der Waals surface area contributed by atoms with Gasteiger partial charge in [0.25, 0.3) is 0 Å². The van der Waals surface area contributed by atoms with E-state index in [1.54, 1.807) is 0 Å². The van der Waals surface area contributed by atoms with Crippen molar-refractivity contribution in [1.29, 1.82) is 0 Å². The molecular formula is C19H31NO. The molecule has 0 spiro atoms. The zero-order valence-electron chi connectivity index (χ0n) is 13.9. The van der Waals surface area contributed by atoms with Crippen molar-refractivity contribution in [2.24, 2.45) is 0 Å². The van der Waals surface area contributed by atoms with E-state index < -0.39 is 0 Å². The van der Waals surface area contributed by atoms with Crippen molar-refractivity contribution in [2.75, 3.05) is 13.1 Å². The number of nitrogens with zero attached hydrogens (tertiary/aromatic N) is 1. The van der Waals surface area contributed by atoms with Gasteiger partial charge in [0.15, 0.2) is 0 Å². The van der Waals surface area contributed by atoms with E-state index in [1.165, 1.54) is 56.3 Å². The highest BCUT2D eigenvalue weighted by Crippen LogP contribution is 2.38. The van der Waals surface area contributed by atoms with Crippen molar-refractivity contribution in [3.05, 3.63) is 29.3 Å². The van der Waals surface area contributed by atoms with Crippen molar-refractivity contribution in [2.45, 2.75) is 71.3 Å². The van der Waals surface area contributed by atoms with Gasteiger partial charge in [-0.05, 0) is 61.9 Å². The van der Waals surface area contributed by atoms with Crippen molar-refractivity contribution in [3.8, 4) is 5.75 Å². The highest BCUT2D eigenvalue weighted by Gasteiger charge is 2.31. The third-order valence-electron chi connectivity index (χ3n) is 4.97. The average molecular weight is 289 g/mol. The number of phenolic OH excluding ortho intramolecular Hbond substituents is 1. The fourth-order valence-electron chi connectivity index (χ4n) is 3.83. The molecule has 0 radical (unpaired) electrons. The highest BCUT2D eigenvalue weighted by atomic mass is 16.3. The summed E-state index contributed by atoms with van der Waals surface area (Å²) in [6, 6.07) is 6.67. The van der Waals surface area contributed by atoms with Gasteiger partial charge in [0, 0.05) is 6.04 Å². The van der Waals surface area contributed by atoms with Gasteiger partial charge in [-0.3, -0.25) is 4.90 Å². The van der Waals surface area contributed by atoms with Crippen LogP contribution in [0.1, 0.15) is 69.9 Å². The summed E-state index contributed by atoms with van der Waals surface area (Å²) in [4.78, 5) is 2.70. The first kappa shape index (κ1) is 16.4. The number of hydrogen-bond donors (Lipinski definition) is 1. The van der Waals surface area contributed by atoms with E-state index in [2.05, 4.69) is 31.7 Å². The molecular weight excluding hydrogens is 258 g/mol. The van der Waals surface area contributed by atoms with Crippen LogP contribution in [0.5, 0.6) is 5.75 Å². The van der Waals surface area contributed by atoms with E-state index in [0.29, 0.717) is 17.7 Å². The lowest BCUT2D eigenvalue weighted by atomic mass is 9.79. The Morgan fingerprint density at radius 2 is 1.95 bits per heavy atom. The molecule has 118 valence electrons. The van der Waals surface area contributed by atoms with Gasteiger partial charge in [0.05, 0.1) is 0 Å². The topological polar surface area (TPSA) is 23.5 Å². The second-order valence-corrected chi connectivity index (χ2v) is 6.48. The zero-order valence-corrected chi connectivity index (χ0v) is 13.9. The Morgan fingerprint density at radius 3 is 2.67 bits per heavy atom. The molecule has 21 heavy (non-hydrogen) atoms. The molecule has 2 atom stereocenters. The van der Waals surface area contributed by atoms with Gasteiger partial charge in [-0.1, -0.05) is 45.7 Å². The summed E-state index contributed by atoms with van der Waals surface area (Å²) in [6.45, 7) is 9.31. The van der Waals surface area contributed by atoms with E-state index in [0.717, 1.165) is 6.42 Å². The Bertz CT molecular complexity index is 443. The number of aromatic hydroxyl groups is 1. The van der Waals surface area contributed by atoms with Gasteiger partial charge in [-0.15, -0.1) is 0 Å². The van der Waals surface area contributed by atoms with Gasteiger partial charge >= 0.3 is 0 Å². The van der Waals surface area contributed by atoms with Crippen molar-refractivity contribution < 1.29 is 5.11 Å². The van der Waals surface area contributed by atoms with Crippen LogP contribution in [-0.4, -0.2) is 29.1 Å². The third-order valence-corrected chi connectivity index (χ3v) is 4.97. The van der Waals surface area contributed by atoms with Crippen LogP contribution in [0, 0.1) is 0 Å². The largest absolute Gasteiger partial charge is 0.508 e. The normalized spacial score (nSPS) is 21.5. The van der Waals surface area contributed by atoms with Crippen LogP contribution in [0.25, 0.3) is 0 Å². The Morgan fingerprint density at radius 1 is 1.14 bits per heavy atom. The molecule has 0 amide bonds. The van der Waals surface area contributed by atoms with Gasteiger partial charge in [0.1, 0.15) is 5.75 Å². The van der Waals surface area contributed by atoms with Crippen LogP contribution in [0.3, 0.4) is 0 Å². The molecule has 1 aromatic rings. The van der Waals surface area contributed by atoms with Gasteiger partial charge in [0.2, 0.25) is 0 Å². The molecule has 0 heterocycles. The minimum atomic E-state index is 0.492. The number of phenols is 1. The van der Waals surface area contributed by atoms with Gasteiger partial charge < -0.3 is 5.11 Å². The molecule has 1 aliphatic carbocycles. The number of rotatable bonds is 7. The molecule has 0 saturated heterocycles. The van der Waals surface area contributed by atoms with Crippen molar-refractivity contribution >= 4 is 0 Å². The lowest BCUT2D eigenvalue weighted by Gasteiger charge is -2.40. The molecule has 2 rings (SSSR count). The summed E-state index contributed by atoms with van der Waals surface area (Å²) in [5, 5.41) is 10.1. The SMILES string of the molecule is CCCCCN(CCC)[C@H]1CCc2c(O)cccc2[C@H]1C. The van der Waals surface area contributed by atoms with Crippen LogP contribution >= 0.6 is 0 Å². The summed E-state index contributed by atoms with van der Waals surface area (Å²) in [7, 11) is 0. The van der Waals surface area contributed by atoms with Crippen LogP contribution < -0.4 is 0 Å². The fourth-order valence-corrected chi connectivity index (χ4v) is 3.83. The summed E-state index contributed by atoms with van der Waals surface area (Å²) in [5.41, 5.74) is 2.55. The predicted octanol–water partition coefficient (Wildman–Crippen LogP) is 4.71. The monoisotopic (exact) mass is 289 g/mol. The van der Waals surface area contributed by atoms with E-state index in [9.17, 15) is 5.11 Å². The minimum Gasteiger partial charge on any atom is -0.508 e. The summed E-state index contributed by atoms with van der Waals surface area (Å²) in [6.07, 6.45) is 7.35. The van der Waals surface area contributed by atoms with E-state index in [4.69, 9.17) is 0 Å². The molecule has 0 bridgehead atoms. The first-order chi connectivity index (χ1) is 10.2. The number of fused-ring (bicyclic) bond motifs is 1. The lowest BCUT2D eigenvalue weighted by Crippen LogP contribution is -2.42. The third kappa shape index (κ3) is 3.79. The summed E-state index contributed by atoms with van der Waals surface area (Å²) >= 11 is 0. The molecule has 1 aliphatic rings. The van der Waals surface area contributed by atoms with E-state index >= 15 is 0 Å². The average Bonchev–Trinajstić information content (AvgIpc) is 2.48. The van der Waals surface area contributed by atoms with E-state index in [1.807, 2.05) is 12.1 Å². The van der Waals surface area contributed by atoms with Gasteiger partial charge in [-0.2, -0.15) is 0 Å². The van der Waals surface area contributed by atoms with Crippen molar-refractivity contribution in [1.82, 2.24) is 4.90 Å². The van der Waals surface area contributed by atoms with Crippen LogP contribution in [0.2, 0.25) is 0 Å². The summed E-state index contributed by atoms with van der Waals surface area (Å²) in [5.74, 6) is 1.01. The number of benzene rings is 1. The molecule has 0 aromatic heterocycles. The Labute approximate surface area is 130 Å². The first-order valence-corrected chi connectivity index (χ1v) is 8.73. The second-order valence-electron chi connectivity index (χ2n) is 6.48. The van der Waals surface area contributed by atoms with Crippen LogP contribution in [0.15, 0.2) is 18.2 Å². The second kappa shape index (κ2) is 7.84. The molecule has 0 unspecified atom stereocenters. The highest BCUT2D eigenvalue weighted by molar-refractivity contribution is 5.43. The number of unbranched alkanes of at least 4 members (excludes halogenated alkanes) is 2. The minimum absolute atomic E-state index is 0.492. The summed E-state index contributed by atoms with van der Waals surface area (Å²) < 4.78 is 0. The Kier molecular flexibility index (Phi) is 6.10. The standard InChI is InChI=1S/C19H31NO/c1-4-6-7-14-20(13-5-2)18-12-11-17-16(15(18)3)9-8-10-19(17)21/h8-10,15,18,21H,4-7,11-14H2,1-3H3/t15-,18+/m1/s1. The molecule has 0 aliphatic heterocycles. The Hall–Kier alpha value is -1.02. The molecule has 2 heteroatoms. The van der Waals surface area contributed by atoms with Crippen LogP contribution in [0.4, 0.5) is 0 Å². The van der Waals surface area contributed by atoms with Crippen molar-refractivity contribution in [3.63, 3.8) is 0 Å². The number of hydrogen-bond acceptors (Lipinski definition) is 2. The van der Waals surface area contributed by atoms with Gasteiger partial charge in [-0.25, -0.2) is 0 Å². The Balaban J connectivity index is 2.12. The van der Waals surface area contributed by atoms with E-state index in [-0.39, 0.29) is 0 Å². The molecule has 1 aromatic carbocycles. The molecule has 0 saturated carbocycles. The molecule has 0 fully saturated rings. The van der Waals surface area contributed by atoms with Crippen LogP contribution in [-0.2, 0) is 6.42 Å². The quantitative estimate of drug-likeness (QED) is 0.735. The maximum Gasteiger partial charge on any atom is 0.119 e. The zero-order chi connectivity index (χ0) is 15.2. The lowest BCUT2D eigenvalue weighted by molar-refractivity contribution is 0.155. The fraction of sp³-hybridized carbons (Fsp3) is 0.684. The predicted molar refractivity (Wildman–Crippen MR) is 90.0 cm³/mol. The molecule has 2 nitrogen and oxygen atoms in total. The smallest absolute Gasteiger partial charge is 0.119 e. The molecule has 1 N–H and O–H groups in total. The first-order valence-electron chi connectivity index (χ1n) is 8.73. The maximum atomic E-state index is 10.1.